The number of aromatic nitrogens is 2. The number of hydrogen-bond acceptors (Lipinski definition) is 5. The van der Waals surface area contributed by atoms with Crippen LogP contribution in [-0.4, -0.2) is 29.4 Å². The molecule has 0 radical (unpaired) electrons. The molecule has 0 unspecified atom stereocenters. The molecule has 1 heterocycles. The van der Waals surface area contributed by atoms with E-state index in [1.165, 1.54) is 36.0 Å². The first kappa shape index (κ1) is 23.3. The second-order valence-electron chi connectivity index (χ2n) is 7.90. The van der Waals surface area contributed by atoms with Crippen LogP contribution < -0.4 is 10.0 Å². The molecule has 1 amide bonds. The number of sulfonamides is 1. The number of nitrogens with one attached hydrogen (secondary N) is 2. The molecule has 3 rings (SSSR count). The van der Waals surface area contributed by atoms with E-state index in [-0.39, 0.29) is 10.8 Å². The average molecular weight is 479 g/mol. The summed E-state index contributed by atoms with van der Waals surface area (Å²) in [5, 5.41) is 4.09. The van der Waals surface area contributed by atoms with Gasteiger partial charge in [-0.2, -0.15) is 0 Å². The maximum atomic E-state index is 12.8. The lowest BCUT2D eigenvalue weighted by Crippen LogP contribution is -2.40. The number of halogens is 1. The van der Waals surface area contributed by atoms with Gasteiger partial charge in [-0.15, -0.1) is 0 Å². The van der Waals surface area contributed by atoms with Crippen molar-refractivity contribution in [1.29, 1.82) is 0 Å². The molecule has 3 aromatic rings. The Kier molecular flexibility index (Phi) is 6.80. The van der Waals surface area contributed by atoms with Crippen LogP contribution in [-0.2, 0) is 17.1 Å². The maximum absolute atomic E-state index is 12.8. The van der Waals surface area contributed by atoms with Crippen molar-refractivity contribution in [1.82, 2.24) is 14.3 Å². The smallest absolute Gasteiger partial charge is 0.255 e. The Morgan fingerprint density at radius 1 is 1.13 bits per heavy atom. The summed E-state index contributed by atoms with van der Waals surface area (Å²) in [4.78, 5) is 17.9. The third-order valence-electron chi connectivity index (χ3n) is 4.04. The van der Waals surface area contributed by atoms with E-state index in [0.29, 0.717) is 16.3 Å². The lowest BCUT2D eigenvalue weighted by Gasteiger charge is -2.20. The van der Waals surface area contributed by atoms with Crippen molar-refractivity contribution in [3.63, 3.8) is 0 Å². The van der Waals surface area contributed by atoms with Crippen LogP contribution in [0.1, 0.15) is 31.1 Å². The van der Waals surface area contributed by atoms with Gasteiger partial charge < -0.3 is 9.88 Å². The number of nitrogens with zero attached hydrogens (tertiary/aromatic N) is 2. The molecule has 0 saturated heterocycles. The maximum Gasteiger partial charge on any atom is 0.255 e. The van der Waals surface area contributed by atoms with E-state index in [2.05, 4.69) is 15.0 Å². The Balaban J connectivity index is 1.80. The standard InChI is InChI=1S/C21H23ClN4O3S2/c1-21(2,3)25-31(28,29)16-8-5-14(6-9-16)19(27)24-17-13-15(22)7-10-18(17)30-20-23-11-12-26(20)4/h5-13,25H,1-4H3,(H,24,27). The molecule has 2 aromatic carbocycles. The van der Waals surface area contributed by atoms with Crippen LogP contribution in [0.4, 0.5) is 5.69 Å². The molecule has 2 N–H and O–H groups in total. The van der Waals surface area contributed by atoms with Crippen LogP contribution in [0.25, 0.3) is 0 Å². The summed E-state index contributed by atoms with van der Waals surface area (Å²) in [6.45, 7) is 5.29. The van der Waals surface area contributed by atoms with Gasteiger partial charge in [-0.25, -0.2) is 18.1 Å². The largest absolute Gasteiger partial charge is 0.329 e. The lowest BCUT2D eigenvalue weighted by molar-refractivity contribution is 0.102. The fraction of sp³-hybridized carbons (Fsp3) is 0.238. The summed E-state index contributed by atoms with van der Waals surface area (Å²) >= 11 is 7.52. The third kappa shape index (κ3) is 6.10. The van der Waals surface area contributed by atoms with Crippen molar-refractivity contribution >= 4 is 45.0 Å². The van der Waals surface area contributed by atoms with Crippen LogP contribution in [0.5, 0.6) is 0 Å². The Hall–Kier alpha value is -2.33. The number of hydrogen-bond donors (Lipinski definition) is 2. The molecule has 0 aliphatic rings. The molecule has 0 saturated carbocycles. The SMILES string of the molecule is Cn1ccnc1Sc1ccc(Cl)cc1NC(=O)c1ccc(S(=O)(=O)NC(C)(C)C)cc1. The molecule has 0 spiro atoms. The van der Waals surface area contributed by atoms with Gasteiger partial charge in [0, 0.05) is 40.5 Å². The molecule has 0 fully saturated rings. The number of anilines is 1. The van der Waals surface area contributed by atoms with Crippen LogP contribution in [0.2, 0.25) is 5.02 Å². The highest BCUT2D eigenvalue weighted by molar-refractivity contribution is 7.99. The molecule has 31 heavy (non-hydrogen) atoms. The van der Waals surface area contributed by atoms with Crippen molar-refractivity contribution in [2.24, 2.45) is 7.05 Å². The lowest BCUT2D eigenvalue weighted by atomic mass is 10.1. The molecule has 0 aliphatic carbocycles. The molecule has 0 aliphatic heterocycles. The zero-order valence-electron chi connectivity index (χ0n) is 17.5. The Bertz CT molecular complexity index is 1200. The Labute approximate surface area is 191 Å². The van der Waals surface area contributed by atoms with Gasteiger partial charge in [-0.05, 0) is 75.0 Å². The van der Waals surface area contributed by atoms with Crippen molar-refractivity contribution in [3.8, 4) is 0 Å². The monoisotopic (exact) mass is 478 g/mol. The predicted octanol–water partition coefficient (Wildman–Crippen LogP) is 4.55. The van der Waals surface area contributed by atoms with Gasteiger partial charge in [-0.3, -0.25) is 4.79 Å². The second-order valence-corrected chi connectivity index (χ2v) is 11.0. The highest BCUT2D eigenvalue weighted by atomic mass is 35.5. The third-order valence-corrected chi connectivity index (χ3v) is 7.20. The first-order valence-corrected chi connectivity index (χ1v) is 12.0. The molecule has 10 heteroatoms. The Morgan fingerprint density at radius 2 is 1.81 bits per heavy atom. The normalized spacial score (nSPS) is 12.0. The molecule has 164 valence electrons. The van der Waals surface area contributed by atoms with Gasteiger partial charge in [0.25, 0.3) is 5.91 Å². The number of benzene rings is 2. The summed E-state index contributed by atoms with van der Waals surface area (Å²) in [7, 11) is -1.79. The molecule has 0 atom stereocenters. The number of amides is 1. The summed E-state index contributed by atoms with van der Waals surface area (Å²) in [6, 6.07) is 11.0. The number of carbonyl (C=O) groups excluding carboxylic acids is 1. The quantitative estimate of drug-likeness (QED) is 0.542. The molecule has 7 nitrogen and oxygen atoms in total. The zero-order valence-corrected chi connectivity index (χ0v) is 19.9. The minimum absolute atomic E-state index is 0.0905. The average Bonchev–Trinajstić information content (AvgIpc) is 3.07. The topological polar surface area (TPSA) is 93.1 Å². The summed E-state index contributed by atoms with van der Waals surface area (Å²) in [6.07, 6.45) is 3.53. The van der Waals surface area contributed by atoms with E-state index < -0.39 is 15.6 Å². The highest BCUT2D eigenvalue weighted by Crippen LogP contribution is 2.34. The Morgan fingerprint density at radius 3 is 2.39 bits per heavy atom. The van der Waals surface area contributed by atoms with E-state index in [9.17, 15) is 13.2 Å². The fourth-order valence-corrected chi connectivity index (χ4v) is 5.14. The first-order chi connectivity index (χ1) is 14.4. The van der Waals surface area contributed by atoms with E-state index >= 15 is 0 Å². The highest BCUT2D eigenvalue weighted by Gasteiger charge is 2.22. The van der Waals surface area contributed by atoms with Crippen LogP contribution >= 0.6 is 23.4 Å². The van der Waals surface area contributed by atoms with Crippen molar-refractivity contribution < 1.29 is 13.2 Å². The van der Waals surface area contributed by atoms with Crippen molar-refractivity contribution in [3.05, 3.63) is 65.4 Å². The molecule has 0 bridgehead atoms. The van der Waals surface area contributed by atoms with Crippen LogP contribution in [0.3, 0.4) is 0 Å². The number of rotatable bonds is 6. The van der Waals surface area contributed by atoms with E-state index in [1.807, 2.05) is 23.9 Å². The second kappa shape index (κ2) is 9.04. The summed E-state index contributed by atoms with van der Waals surface area (Å²) < 4.78 is 29.3. The summed E-state index contributed by atoms with van der Waals surface area (Å²) in [5.41, 5.74) is 0.252. The summed E-state index contributed by atoms with van der Waals surface area (Å²) in [5.74, 6) is -0.378. The fourth-order valence-electron chi connectivity index (χ4n) is 2.68. The van der Waals surface area contributed by atoms with E-state index in [4.69, 9.17) is 11.6 Å². The van der Waals surface area contributed by atoms with E-state index in [0.717, 1.165) is 10.1 Å². The molecule has 1 aromatic heterocycles. The van der Waals surface area contributed by atoms with Crippen LogP contribution in [0, 0.1) is 0 Å². The van der Waals surface area contributed by atoms with E-state index in [1.54, 1.807) is 39.1 Å². The van der Waals surface area contributed by atoms with Gasteiger partial charge in [0.2, 0.25) is 10.0 Å². The van der Waals surface area contributed by atoms with Crippen molar-refractivity contribution in [2.45, 2.75) is 41.3 Å². The number of carbonyl (C=O) groups is 1. The van der Waals surface area contributed by atoms with Gasteiger partial charge in [-0.1, -0.05) is 11.6 Å². The first-order valence-electron chi connectivity index (χ1n) is 9.35. The minimum Gasteiger partial charge on any atom is -0.329 e. The van der Waals surface area contributed by atoms with Crippen molar-refractivity contribution in [2.75, 3.05) is 5.32 Å². The minimum atomic E-state index is -3.68. The van der Waals surface area contributed by atoms with Gasteiger partial charge in [0.1, 0.15) is 0 Å². The van der Waals surface area contributed by atoms with Gasteiger partial charge in [0.15, 0.2) is 5.16 Å². The number of aryl methyl sites for hydroxylation is 1. The predicted molar refractivity (Wildman–Crippen MR) is 123 cm³/mol. The van der Waals surface area contributed by atoms with Gasteiger partial charge in [0.05, 0.1) is 10.6 Å². The van der Waals surface area contributed by atoms with Gasteiger partial charge >= 0.3 is 0 Å². The zero-order chi connectivity index (χ0) is 22.8. The molecular weight excluding hydrogens is 456 g/mol. The molecular formula is C21H23ClN4O3S2. The number of imidazole rings is 1. The van der Waals surface area contributed by atoms with Crippen LogP contribution in [0.15, 0.2) is 69.8 Å².